The van der Waals surface area contributed by atoms with Crippen molar-refractivity contribution in [3.05, 3.63) is 54.3 Å². The number of nitrogens with zero attached hydrogens (tertiary/aromatic N) is 2. The van der Waals surface area contributed by atoms with Gasteiger partial charge in [0, 0.05) is 0 Å². The smallest absolute Gasteiger partial charge is 0.234 e. The molecule has 1 amide bonds. The molecule has 0 aliphatic rings. The highest BCUT2D eigenvalue weighted by Crippen LogP contribution is 2.15. The van der Waals surface area contributed by atoms with Crippen LogP contribution in [-0.2, 0) is 17.9 Å². The van der Waals surface area contributed by atoms with E-state index in [0.717, 1.165) is 16.9 Å². The molecule has 2 aromatic heterocycles. The lowest BCUT2D eigenvalue weighted by atomic mass is 10.3. The van der Waals surface area contributed by atoms with E-state index in [4.69, 9.17) is 8.83 Å². The first-order valence-corrected chi connectivity index (χ1v) is 7.03. The fraction of sp³-hybridized carbons (Fsp3) is 0.250. The highest BCUT2D eigenvalue weighted by molar-refractivity contribution is 5.77. The van der Waals surface area contributed by atoms with Crippen molar-refractivity contribution in [1.82, 2.24) is 15.2 Å². The maximum absolute atomic E-state index is 11.9. The van der Waals surface area contributed by atoms with Crippen LogP contribution in [0.15, 0.2) is 51.5 Å². The molecule has 0 bridgehead atoms. The van der Waals surface area contributed by atoms with E-state index in [0.29, 0.717) is 19.0 Å². The van der Waals surface area contributed by atoms with E-state index in [-0.39, 0.29) is 12.5 Å². The molecule has 22 heavy (non-hydrogen) atoms. The van der Waals surface area contributed by atoms with Crippen LogP contribution in [0, 0.1) is 0 Å². The fourth-order valence-corrected chi connectivity index (χ4v) is 2.17. The Kier molecular flexibility index (Phi) is 4.20. The van der Waals surface area contributed by atoms with E-state index in [9.17, 15) is 4.79 Å². The van der Waals surface area contributed by atoms with Gasteiger partial charge >= 0.3 is 0 Å². The lowest BCUT2D eigenvalue weighted by Gasteiger charge is -2.13. The van der Waals surface area contributed by atoms with Crippen molar-refractivity contribution in [2.75, 3.05) is 13.6 Å². The average Bonchev–Trinajstić information content (AvgIpc) is 3.13. The maximum atomic E-state index is 11.9. The standard InChI is InChI=1S/C16H17N3O3/c1-19(10-15(20)17-9-12-5-4-8-21-12)11-16-18-13-6-2-3-7-14(13)22-16/h2-8H,9-11H2,1H3,(H,17,20). The van der Waals surface area contributed by atoms with Gasteiger partial charge in [-0.2, -0.15) is 0 Å². The minimum Gasteiger partial charge on any atom is -0.467 e. The van der Waals surface area contributed by atoms with Crippen molar-refractivity contribution in [3.63, 3.8) is 0 Å². The summed E-state index contributed by atoms with van der Waals surface area (Å²) in [7, 11) is 1.85. The number of hydrogen-bond acceptors (Lipinski definition) is 5. The summed E-state index contributed by atoms with van der Waals surface area (Å²) in [6, 6.07) is 11.2. The van der Waals surface area contributed by atoms with Gasteiger partial charge in [0.1, 0.15) is 11.3 Å². The first-order valence-electron chi connectivity index (χ1n) is 7.03. The summed E-state index contributed by atoms with van der Waals surface area (Å²) in [5.74, 6) is 1.26. The molecule has 1 N–H and O–H groups in total. The first kappa shape index (κ1) is 14.3. The van der Waals surface area contributed by atoms with Gasteiger partial charge in [0.2, 0.25) is 11.8 Å². The maximum Gasteiger partial charge on any atom is 0.234 e. The van der Waals surface area contributed by atoms with E-state index in [2.05, 4.69) is 10.3 Å². The van der Waals surface area contributed by atoms with Crippen molar-refractivity contribution in [1.29, 1.82) is 0 Å². The van der Waals surface area contributed by atoms with Gasteiger partial charge in [-0.3, -0.25) is 9.69 Å². The molecule has 3 rings (SSSR count). The van der Waals surface area contributed by atoms with E-state index in [1.54, 1.807) is 12.3 Å². The molecule has 1 aromatic carbocycles. The quantitative estimate of drug-likeness (QED) is 0.755. The first-order chi connectivity index (χ1) is 10.7. The van der Waals surface area contributed by atoms with Gasteiger partial charge < -0.3 is 14.2 Å². The molecule has 6 nitrogen and oxygen atoms in total. The Morgan fingerprint density at radius 1 is 1.27 bits per heavy atom. The third-order valence-corrected chi connectivity index (χ3v) is 3.20. The van der Waals surface area contributed by atoms with Crippen molar-refractivity contribution < 1.29 is 13.6 Å². The Balaban J connectivity index is 1.51. The third-order valence-electron chi connectivity index (χ3n) is 3.20. The summed E-state index contributed by atoms with van der Waals surface area (Å²) < 4.78 is 10.8. The summed E-state index contributed by atoms with van der Waals surface area (Å²) in [6.45, 7) is 1.13. The Hall–Kier alpha value is -2.60. The van der Waals surface area contributed by atoms with Crippen LogP contribution >= 0.6 is 0 Å². The molecule has 0 fully saturated rings. The van der Waals surface area contributed by atoms with Crippen LogP contribution in [0.3, 0.4) is 0 Å². The summed E-state index contributed by atoms with van der Waals surface area (Å²) in [5.41, 5.74) is 1.58. The van der Waals surface area contributed by atoms with Crippen molar-refractivity contribution in [2.45, 2.75) is 13.1 Å². The molecule has 0 unspecified atom stereocenters. The lowest BCUT2D eigenvalue weighted by Crippen LogP contribution is -2.34. The van der Waals surface area contributed by atoms with E-state index >= 15 is 0 Å². The number of nitrogens with one attached hydrogen (secondary N) is 1. The van der Waals surface area contributed by atoms with Gasteiger partial charge in [-0.25, -0.2) is 4.98 Å². The number of hydrogen-bond donors (Lipinski definition) is 1. The zero-order valence-electron chi connectivity index (χ0n) is 12.3. The Morgan fingerprint density at radius 2 is 2.14 bits per heavy atom. The highest BCUT2D eigenvalue weighted by Gasteiger charge is 2.11. The van der Waals surface area contributed by atoms with Crippen LogP contribution < -0.4 is 5.32 Å². The topological polar surface area (TPSA) is 71.5 Å². The molecule has 114 valence electrons. The SMILES string of the molecule is CN(CC(=O)NCc1ccco1)Cc1nc2ccccc2o1. The summed E-state index contributed by atoms with van der Waals surface area (Å²) >= 11 is 0. The molecular formula is C16H17N3O3. The normalized spacial score (nSPS) is 11.2. The minimum absolute atomic E-state index is 0.0741. The number of para-hydroxylation sites is 2. The molecule has 0 aliphatic carbocycles. The van der Waals surface area contributed by atoms with Crippen LogP contribution in [0.5, 0.6) is 0 Å². The Morgan fingerprint density at radius 3 is 2.91 bits per heavy atom. The number of furan rings is 1. The third kappa shape index (κ3) is 3.53. The van der Waals surface area contributed by atoms with Gasteiger partial charge in [0.15, 0.2) is 5.58 Å². The molecule has 3 aromatic rings. The molecule has 0 saturated heterocycles. The van der Waals surface area contributed by atoms with Gasteiger partial charge in [0.25, 0.3) is 0 Å². The number of aromatic nitrogens is 1. The molecular weight excluding hydrogens is 282 g/mol. The summed E-state index contributed by atoms with van der Waals surface area (Å²) in [4.78, 5) is 18.1. The summed E-state index contributed by atoms with van der Waals surface area (Å²) in [6.07, 6.45) is 1.58. The fourth-order valence-electron chi connectivity index (χ4n) is 2.17. The number of carbonyl (C=O) groups excluding carboxylic acids is 1. The molecule has 0 aliphatic heterocycles. The number of likely N-dealkylation sites (N-methyl/N-ethyl adjacent to an activating group) is 1. The second kappa shape index (κ2) is 6.44. The molecule has 0 radical (unpaired) electrons. The summed E-state index contributed by atoms with van der Waals surface area (Å²) in [5, 5.41) is 2.80. The predicted octanol–water partition coefficient (Wildman–Crippen LogP) is 2.17. The second-order valence-corrected chi connectivity index (χ2v) is 5.10. The van der Waals surface area contributed by atoms with Crippen LogP contribution in [-0.4, -0.2) is 29.4 Å². The molecule has 0 atom stereocenters. The van der Waals surface area contributed by atoms with Crippen molar-refractivity contribution in [2.24, 2.45) is 0 Å². The number of oxazole rings is 1. The largest absolute Gasteiger partial charge is 0.467 e. The van der Waals surface area contributed by atoms with Gasteiger partial charge in [-0.1, -0.05) is 12.1 Å². The minimum atomic E-state index is -0.0741. The lowest BCUT2D eigenvalue weighted by molar-refractivity contribution is -0.122. The molecule has 0 spiro atoms. The number of amides is 1. The van der Waals surface area contributed by atoms with Crippen molar-refractivity contribution in [3.8, 4) is 0 Å². The molecule has 0 saturated carbocycles. The number of benzene rings is 1. The number of fused-ring (bicyclic) bond motifs is 1. The van der Waals surface area contributed by atoms with E-state index < -0.39 is 0 Å². The Bertz CT molecular complexity index is 716. The zero-order chi connectivity index (χ0) is 15.4. The van der Waals surface area contributed by atoms with Gasteiger partial charge in [-0.05, 0) is 31.3 Å². The monoisotopic (exact) mass is 299 g/mol. The number of carbonyl (C=O) groups is 1. The number of rotatable bonds is 6. The van der Waals surface area contributed by atoms with Gasteiger partial charge in [-0.15, -0.1) is 0 Å². The molecule has 6 heteroatoms. The Labute approximate surface area is 127 Å². The highest BCUT2D eigenvalue weighted by atomic mass is 16.3. The second-order valence-electron chi connectivity index (χ2n) is 5.10. The molecule has 2 heterocycles. The van der Waals surface area contributed by atoms with Crippen LogP contribution in [0.4, 0.5) is 0 Å². The van der Waals surface area contributed by atoms with Crippen molar-refractivity contribution >= 4 is 17.0 Å². The van der Waals surface area contributed by atoms with Crippen LogP contribution in [0.25, 0.3) is 11.1 Å². The van der Waals surface area contributed by atoms with Crippen LogP contribution in [0.2, 0.25) is 0 Å². The van der Waals surface area contributed by atoms with Crippen LogP contribution in [0.1, 0.15) is 11.7 Å². The van der Waals surface area contributed by atoms with E-state index in [1.807, 2.05) is 42.3 Å². The predicted molar refractivity (Wildman–Crippen MR) is 80.9 cm³/mol. The van der Waals surface area contributed by atoms with E-state index in [1.165, 1.54) is 0 Å². The zero-order valence-corrected chi connectivity index (χ0v) is 12.3. The average molecular weight is 299 g/mol. The van der Waals surface area contributed by atoms with Gasteiger partial charge in [0.05, 0.1) is 25.9 Å².